The van der Waals surface area contributed by atoms with Crippen molar-refractivity contribution in [2.24, 2.45) is 22.2 Å². The van der Waals surface area contributed by atoms with Crippen LogP contribution in [0.15, 0.2) is 22.0 Å². The quantitative estimate of drug-likeness (QED) is 0.311. The molecule has 0 aliphatic heterocycles. The zero-order valence-electron chi connectivity index (χ0n) is 10.1. The first kappa shape index (κ1) is 12.4. The van der Waals surface area contributed by atoms with Crippen LogP contribution < -0.4 is 11.1 Å². The summed E-state index contributed by atoms with van der Waals surface area (Å²) in [5.41, 5.74) is 5.38. The lowest BCUT2D eigenvalue weighted by Gasteiger charge is -2.43. The van der Waals surface area contributed by atoms with E-state index in [9.17, 15) is 4.79 Å². The summed E-state index contributed by atoms with van der Waals surface area (Å²) >= 11 is 0. The molecule has 1 amide bonds. The number of aromatic nitrogens is 1. The van der Waals surface area contributed by atoms with Gasteiger partial charge in [-0.15, -0.1) is 0 Å². The Morgan fingerprint density at radius 1 is 1.78 bits per heavy atom. The molecule has 0 unspecified atom stereocenters. The first-order valence-corrected chi connectivity index (χ1v) is 5.74. The molecule has 2 rings (SSSR count). The van der Waals surface area contributed by atoms with Crippen molar-refractivity contribution in [2.75, 3.05) is 0 Å². The predicted molar refractivity (Wildman–Crippen MR) is 62.6 cm³/mol. The van der Waals surface area contributed by atoms with Gasteiger partial charge >= 0.3 is 0 Å². The van der Waals surface area contributed by atoms with Gasteiger partial charge in [0.05, 0.1) is 6.54 Å². The number of nitrogens with two attached hydrogens (primary N) is 1. The second kappa shape index (κ2) is 4.67. The Morgan fingerprint density at radius 3 is 3.00 bits per heavy atom. The van der Waals surface area contributed by atoms with E-state index in [-0.39, 0.29) is 18.3 Å². The summed E-state index contributed by atoms with van der Waals surface area (Å²) in [6, 6.07) is 1.67. The minimum absolute atomic E-state index is 0.0294. The highest BCUT2D eigenvalue weighted by atomic mass is 16.5. The van der Waals surface area contributed by atoms with Crippen LogP contribution in [0.5, 0.6) is 0 Å². The third kappa shape index (κ3) is 2.03. The molecule has 1 fully saturated rings. The van der Waals surface area contributed by atoms with Crippen molar-refractivity contribution in [3.63, 3.8) is 0 Å². The first-order valence-electron chi connectivity index (χ1n) is 5.74. The fraction of sp³-hybridized carbons (Fsp3) is 0.545. The van der Waals surface area contributed by atoms with Crippen molar-refractivity contribution in [3.05, 3.63) is 18.0 Å². The summed E-state index contributed by atoms with van der Waals surface area (Å²) in [6.07, 6.45) is 2.62. The number of oxime groups is 1. The van der Waals surface area contributed by atoms with Gasteiger partial charge in [0.25, 0.3) is 0 Å². The molecule has 7 heteroatoms. The summed E-state index contributed by atoms with van der Waals surface area (Å²) in [5, 5.41) is 18.2. The van der Waals surface area contributed by atoms with Crippen LogP contribution in [0.2, 0.25) is 0 Å². The van der Waals surface area contributed by atoms with Crippen LogP contribution in [0.1, 0.15) is 25.5 Å². The van der Waals surface area contributed by atoms with Gasteiger partial charge in [0.15, 0.2) is 5.84 Å². The maximum absolute atomic E-state index is 12.1. The van der Waals surface area contributed by atoms with Gasteiger partial charge in [-0.3, -0.25) is 4.79 Å². The van der Waals surface area contributed by atoms with Crippen molar-refractivity contribution < 1.29 is 14.5 Å². The molecule has 7 nitrogen and oxygen atoms in total. The van der Waals surface area contributed by atoms with E-state index >= 15 is 0 Å². The number of amidine groups is 1. The van der Waals surface area contributed by atoms with Gasteiger partial charge in [0, 0.05) is 6.07 Å². The summed E-state index contributed by atoms with van der Waals surface area (Å²) in [7, 11) is 0. The monoisotopic (exact) mass is 252 g/mol. The van der Waals surface area contributed by atoms with Crippen LogP contribution in [0.4, 0.5) is 0 Å². The number of amides is 1. The predicted octanol–water partition coefficient (Wildman–Crippen LogP) is 0.453. The molecular formula is C11H16N4O3. The molecule has 0 atom stereocenters. The minimum Gasteiger partial charge on any atom is -0.409 e. The fourth-order valence-corrected chi connectivity index (χ4v) is 2.41. The average Bonchev–Trinajstić information content (AvgIpc) is 2.83. The molecule has 1 aliphatic carbocycles. The van der Waals surface area contributed by atoms with Crippen LogP contribution in [-0.4, -0.2) is 22.1 Å². The maximum atomic E-state index is 12.1. The lowest BCUT2D eigenvalue weighted by atomic mass is 9.61. The highest BCUT2D eigenvalue weighted by Gasteiger charge is 2.52. The van der Waals surface area contributed by atoms with Crippen LogP contribution in [-0.2, 0) is 11.3 Å². The standard InChI is InChI=1S/C11H16N4O3/c1-7-4-11(5-7,9(12)14-17)10(16)13-6-8-2-3-18-15-8/h2-3,7,17H,4-6H2,1H3,(H2,12,14)(H,13,16). The lowest BCUT2D eigenvalue weighted by Crippen LogP contribution is -2.56. The normalized spacial score (nSPS) is 27.6. The highest BCUT2D eigenvalue weighted by molar-refractivity contribution is 6.07. The number of carbonyl (C=O) groups is 1. The van der Waals surface area contributed by atoms with Crippen molar-refractivity contribution in [1.82, 2.24) is 10.5 Å². The number of nitrogens with one attached hydrogen (secondary N) is 1. The van der Waals surface area contributed by atoms with Crippen LogP contribution in [0, 0.1) is 11.3 Å². The Kier molecular flexibility index (Phi) is 3.22. The van der Waals surface area contributed by atoms with Crippen molar-refractivity contribution >= 4 is 11.7 Å². The van der Waals surface area contributed by atoms with E-state index in [0.717, 1.165) is 0 Å². The van der Waals surface area contributed by atoms with Crippen molar-refractivity contribution in [3.8, 4) is 0 Å². The summed E-state index contributed by atoms with van der Waals surface area (Å²) in [6.45, 7) is 2.29. The second-order valence-corrected chi connectivity index (χ2v) is 4.75. The second-order valence-electron chi connectivity index (χ2n) is 4.75. The third-order valence-corrected chi connectivity index (χ3v) is 3.35. The summed E-state index contributed by atoms with van der Waals surface area (Å²) in [4.78, 5) is 12.1. The van der Waals surface area contributed by atoms with Gasteiger partial charge in [-0.2, -0.15) is 0 Å². The molecule has 1 aromatic heterocycles. The lowest BCUT2D eigenvalue weighted by molar-refractivity contribution is -0.133. The largest absolute Gasteiger partial charge is 0.409 e. The van der Waals surface area contributed by atoms with Gasteiger partial charge in [0.1, 0.15) is 17.4 Å². The van der Waals surface area contributed by atoms with E-state index < -0.39 is 5.41 Å². The van der Waals surface area contributed by atoms with Crippen LogP contribution in [0.3, 0.4) is 0 Å². The smallest absolute Gasteiger partial charge is 0.234 e. The molecule has 0 spiro atoms. The molecule has 1 heterocycles. The SMILES string of the molecule is CC1CC(C(=O)NCc2ccon2)(/C(N)=N/O)C1. The minimum atomic E-state index is -0.877. The summed E-state index contributed by atoms with van der Waals surface area (Å²) < 4.78 is 4.67. The molecule has 1 aromatic rings. The number of hydrogen-bond donors (Lipinski definition) is 3. The molecule has 4 N–H and O–H groups in total. The van der Waals surface area contributed by atoms with E-state index in [2.05, 4.69) is 20.2 Å². The maximum Gasteiger partial charge on any atom is 0.234 e. The third-order valence-electron chi connectivity index (χ3n) is 3.35. The molecule has 18 heavy (non-hydrogen) atoms. The molecule has 0 bridgehead atoms. The Labute approximate surface area is 104 Å². The van der Waals surface area contributed by atoms with E-state index in [1.807, 2.05) is 6.92 Å². The zero-order valence-corrected chi connectivity index (χ0v) is 10.1. The van der Waals surface area contributed by atoms with Gasteiger partial charge in [-0.05, 0) is 18.8 Å². The van der Waals surface area contributed by atoms with Crippen molar-refractivity contribution in [2.45, 2.75) is 26.3 Å². The zero-order chi connectivity index (χ0) is 13.2. The number of nitrogens with zero attached hydrogens (tertiary/aromatic N) is 2. The Bertz CT molecular complexity index is 449. The molecule has 0 radical (unpaired) electrons. The number of rotatable bonds is 4. The number of hydrogen-bond acceptors (Lipinski definition) is 5. The summed E-state index contributed by atoms with van der Waals surface area (Å²) in [5.74, 6) is 0.125. The van der Waals surface area contributed by atoms with Crippen molar-refractivity contribution in [1.29, 1.82) is 0 Å². The molecule has 1 saturated carbocycles. The van der Waals surface area contributed by atoms with Gasteiger partial charge < -0.3 is 20.8 Å². The number of carbonyl (C=O) groups excluding carboxylic acids is 1. The van der Waals surface area contributed by atoms with Crippen LogP contribution >= 0.6 is 0 Å². The first-order chi connectivity index (χ1) is 8.58. The topological polar surface area (TPSA) is 114 Å². The molecular weight excluding hydrogens is 236 g/mol. The van der Waals surface area contributed by atoms with E-state index in [0.29, 0.717) is 24.5 Å². The van der Waals surface area contributed by atoms with E-state index in [4.69, 9.17) is 10.9 Å². The van der Waals surface area contributed by atoms with Gasteiger partial charge in [-0.1, -0.05) is 17.2 Å². The average molecular weight is 252 g/mol. The molecule has 1 aliphatic rings. The van der Waals surface area contributed by atoms with Crippen LogP contribution in [0.25, 0.3) is 0 Å². The van der Waals surface area contributed by atoms with E-state index in [1.54, 1.807) is 6.07 Å². The Morgan fingerprint density at radius 2 is 2.50 bits per heavy atom. The molecule has 0 aromatic carbocycles. The Balaban J connectivity index is 2.01. The van der Waals surface area contributed by atoms with Gasteiger partial charge in [-0.25, -0.2) is 0 Å². The Hall–Kier alpha value is -2.05. The molecule has 98 valence electrons. The molecule has 0 saturated heterocycles. The van der Waals surface area contributed by atoms with E-state index in [1.165, 1.54) is 6.26 Å². The van der Waals surface area contributed by atoms with Gasteiger partial charge in [0.2, 0.25) is 5.91 Å². The fourth-order valence-electron chi connectivity index (χ4n) is 2.41. The highest BCUT2D eigenvalue weighted by Crippen LogP contribution is 2.45.